The molecular weight excluding hydrogens is 202 g/mol. The molecule has 0 N–H and O–H groups in total. The molecule has 16 heavy (non-hydrogen) atoms. The lowest BCUT2D eigenvalue weighted by atomic mass is 9.91. The Morgan fingerprint density at radius 2 is 1.81 bits per heavy atom. The van der Waals surface area contributed by atoms with E-state index >= 15 is 0 Å². The molecule has 0 bridgehead atoms. The second-order valence-corrected chi connectivity index (χ2v) is 6.43. The molecule has 1 spiro atoms. The van der Waals surface area contributed by atoms with Gasteiger partial charge in [0.1, 0.15) is 5.60 Å². The number of likely N-dealkylation sites (tertiary alicyclic amines) is 1. The number of hydrogen-bond donors (Lipinski definition) is 0. The van der Waals surface area contributed by atoms with Crippen LogP contribution in [-0.4, -0.2) is 29.7 Å². The summed E-state index contributed by atoms with van der Waals surface area (Å²) in [5, 5.41) is 0. The summed E-state index contributed by atoms with van der Waals surface area (Å²) in [6.07, 6.45) is 3.53. The van der Waals surface area contributed by atoms with Crippen LogP contribution in [0, 0.1) is 11.3 Å². The van der Waals surface area contributed by atoms with Crippen molar-refractivity contribution in [2.24, 2.45) is 11.3 Å². The van der Waals surface area contributed by atoms with Crippen LogP contribution in [0.2, 0.25) is 0 Å². The minimum absolute atomic E-state index is 0.143. The molecule has 1 aliphatic carbocycles. The minimum Gasteiger partial charge on any atom is -0.444 e. The van der Waals surface area contributed by atoms with Gasteiger partial charge in [0.25, 0.3) is 0 Å². The van der Waals surface area contributed by atoms with Crippen LogP contribution in [0.25, 0.3) is 0 Å². The van der Waals surface area contributed by atoms with Gasteiger partial charge in [-0.1, -0.05) is 6.92 Å². The van der Waals surface area contributed by atoms with Gasteiger partial charge in [-0.15, -0.1) is 0 Å². The summed E-state index contributed by atoms with van der Waals surface area (Å²) in [5.74, 6) is 0.869. The predicted octanol–water partition coefficient (Wildman–Crippen LogP) is 3.04. The van der Waals surface area contributed by atoms with Crippen molar-refractivity contribution in [1.82, 2.24) is 4.90 Å². The average molecular weight is 225 g/mol. The van der Waals surface area contributed by atoms with Gasteiger partial charge >= 0.3 is 6.09 Å². The van der Waals surface area contributed by atoms with E-state index < -0.39 is 0 Å². The molecule has 0 aromatic carbocycles. The molecular formula is C13H23NO2. The van der Waals surface area contributed by atoms with Crippen molar-refractivity contribution in [3.05, 3.63) is 0 Å². The van der Waals surface area contributed by atoms with Gasteiger partial charge in [-0.05, 0) is 51.4 Å². The topological polar surface area (TPSA) is 29.5 Å². The molecule has 1 atom stereocenters. The normalized spacial score (nSPS) is 28.0. The van der Waals surface area contributed by atoms with Gasteiger partial charge in [0, 0.05) is 13.1 Å². The molecule has 0 aromatic heterocycles. The van der Waals surface area contributed by atoms with Crippen LogP contribution in [0.5, 0.6) is 0 Å². The standard InChI is InChI=1S/C13H23NO2/c1-10-9-13(10)5-7-14(8-6-13)11(15)16-12(2,3)4/h10H,5-9H2,1-4H3. The molecule has 2 aliphatic rings. The zero-order valence-electron chi connectivity index (χ0n) is 10.9. The molecule has 1 aliphatic heterocycles. The number of nitrogens with zero attached hydrogens (tertiary/aromatic N) is 1. The van der Waals surface area contributed by atoms with Crippen molar-refractivity contribution in [2.45, 2.75) is 52.6 Å². The zero-order valence-corrected chi connectivity index (χ0v) is 10.9. The van der Waals surface area contributed by atoms with E-state index in [2.05, 4.69) is 6.92 Å². The van der Waals surface area contributed by atoms with Gasteiger partial charge in [0.15, 0.2) is 0 Å². The lowest BCUT2D eigenvalue weighted by Gasteiger charge is -2.34. The maximum atomic E-state index is 11.8. The molecule has 1 unspecified atom stereocenters. The smallest absolute Gasteiger partial charge is 0.410 e. The van der Waals surface area contributed by atoms with Crippen molar-refractivity contribution in [2.75, 3.05) is 13.1 Å². The molecule has 1 heterocycles. The van der Waals surface area contributed by atoms with Crippen LogP contribution in [0.4, 0.5) is 4.79 Å². The Balaban J connectivity index is 1.83. The maximum Gasteiger partial charge on any atom is 0.410 e. The van der Waals surface area contributed by atoms with Gasteiger partial charge in [-0.2, -0.15) is 0 Å². The van der Waals surface area contributed by atoms with E-state index in [0.717, 1.165) is 31.8 Å². The maximum absolute atomic E-state index is 11.8. The molecule has 0 radical (unpaired) electrons. The number of piperidine rings is 1. The SMILES string of the molecule is CC1CC12CCN(C(=O)OC(C)(C)C)CC2. The second kappa shape index (κ2) is 3.64. The molecule has 1 saturated heterocycles. The second-order valence-electron chi connectivity index (χ2n) is 6.43. The molecule has 3 heteroatoms. The number of ether oxygens (including phenoxy) is 1. The highest BCUT2D eigenvalue weighted by molar-refractivity contribution is 5.68. The quantitative estimate of drug-likeness (QED) is 0.634. The van der Waals surface area contributed by atoms with Crippen LogP contribution in [0.3, 0.4) is 0 Å². The highest BCUT2D eigenvalue weighted by Gasteiger charge is 2.52. The fourth-order valence-corrected chi connectivity index (χ4v) is 2.71. The predicted molar refractivity (Wildman–Crippen MR) is 63.3 cm³/mol. The number of amides is 1. The third kappa shape index (κ3) is 2.33. The summed E-state index contributed by atoms with van der Waals surface area (Å²) in [7, 11) is 0. The van der Waals surface area contributed by atoms with E-state index in [4.69, 9.17) is 4.74 Å². The van der Waals surface area contributed by atoms with E-state index in [9.17, 15) is 4.79 Å². The fourth-order valence-electron chi connectivity index (χ4n) is 2.71. The van der Waals surface area contributed by atoms with Gasteiger partial charge in [0.2, 0.25) is 0 Å². The van der Waals surface area contributed by atoms with Gasteiger partial charge in [-0.25, -0.2) is 4.79 Å². The number of carbonyl (C=O) groups excluding carboxylic acids is 1. The molecule has 2 fully saturated rings. The van der Waals surface area contributed by atoms with E-state index in [0.29, 0.717) is 5.41 Å². The Bertz CT molecular complexity index is 285. The van der Waals surface area contributed by atoms with Crippen molar-refractivity contribution in [3.8, 4) is 0 Å². The highest BCUT2D eigenvalue weighted by atomic mass is 16.6. The van der Waals surface area contributed by atoms with Crippen LogP contribution in [0.1, 0.15) is 47.0 Å². The molecule has 0 aromatic rings. The number of hydrogen-bond acceptors (Lipinski definition) is 2. The Morgan fingerprint density at radius 3 is 2.19 bits per heavy atom. The monoisotopic (exact) mass is 225 g/mol. The van der Waals surface area contributed by atoms with Gasteiger partial charge in [0.05, 0.1) is 0 Å². The van der Waals surface area contributed by atoms with E-state index in [1.54, 1.807) is 0 Å². The summed E-state index contributed by atoms with van der Waals surface area (Å²) in [5.41, 5.74) is 0.206. The molecule has 92 valence electrons. The third-order valence-corrected chi connectivity index (χ3v) is 4.01. The summed E-state index contributed by atoms with van der Waals surface area (Å²) in [6.45, 7) is 9.82. The summed E-state index contributed by atoms with van der Waals surface area (Å²) in [4.78, 5) is 13.7. The first-order valence-electron chi connectivity index (χ1n) is 6.30. The number of rotatable bonds is 0. The van der Waals surface area contributed by atoms with Crippen LogP contribution < -0.4 is 0 Å². The molecule has 1 amide bonds. The Morgan fingerprint density at radius 1 is 1.31 bits per heavy atom. The van der Waals surface area contributed by atoms with Crippen molar-refractivity contribution in [1.29, 1.82) is 0 Å². The first-order valence-corrected chi connectivity index (χ1v) is 6.30. The minimum atomic E-state index is -0.376. The first kappa shape index (κ1) is 11.7. The molecule has 2 rings (SSSR count). The average Bonchev–Trinajstić information content (AvgIpc) is 2.74. The van der Waals surface area contributed by atoms with Crippen molar-refractivity contribution in [3.63, 3.8) is 0 Å². The lowest BCUT2D eigenvalue weighted by molar-refractivity contribution is 0.0166. The summed E-state index contributed by atoms with van der Waals surface area (Å²) < 4.78 is 5.38. The first-order chi connectivity index (χ1) is 7.32. The van der Waals surface area contributed by atoms with Crippen LogP contribution in [-0.2, 0) is 4.74 Å². The van der Waals surface area contributed by atoms with Crippen LogP contribution in [0.15, 0.2) is 0 Å². The summed E-state index contributed by atoms with van der Waals surface area (Å²) in [6, 6.07) is 0. The van der Waals surface area contributed by atoms with E-state index in [-0.39, 0.29) is 11.7 Å². The largest absolute Gasteiger partial charge is 0.444 e. The number of carbonyl (C=O) groups is 1. The van der Waals surface area contributed by atoms with Crippen LogP contribution >= 0.6 is 0 Å². The molecule has 3 nitrogen and oxygen atoms in total. The fraction of sp³-hybridized carbons (Fsp3) is 0.923. The van der Waals surface area contributed by atoms with Crippen molar-refractivity contribution >= 4 is 6.09 Å². The molecule has 1 saturated carbocycles. The van der Waals surface area contributed by atoms with Gasteiger partial charge in [-0.3, -0.25) is 0 Å². The van der Waals surface area contributed by atoms with E-state index in [1.807, 2.05) is 25.7 Å². The van der Waals surface area contributed by atoms with E-state index in [1.165, 1.54) is 6.42 Å². The van der Waals surface area contributed by atoms with Crippen molar-refractivity contribution < 1.29 is 9.53 Å². The highest BCUT2D eigenvalue weighted by Crippen LogP contribution is 2.58. The Kier molecular flexibility index (Phi) is 2.67. The Labute approximate surface area is 98.1 Å². The third-order valence-electron chi connectivity index (χ3n) is 4.01. The zero-order chi connectivity index (χ0) is 12.0. The Hall–Kier alpha value is -0.730. The van der Waals surface area contributed by atoms with Gasteiger partial charge < -0.3 is 9.64 Å². The lowest BCUT2D eigenvalue weighted by Crippen LogP contribution is -2.42. The summed E-state index contributed by atoms with van der Waals surface area (Å²) >= 11 is 0.